The fraction of sp³-hybridized carbons (Fsp3) is 0.364. The van der Waals surface area contributed by atoms with Gasteiger partial charge in [0.25, 0.3) is 5.91 Å². The number of carbonyl (C=O) groups is 1. The van der Waals surface area contributed by atoms with Crippen LogP contribution in [0.25, 0.3) is 21.8 Å². The van der Waals surface area contributed by atoms with Crippen molar-refractivity contribution in [2.24, 2.45) is 0 Å². The fourth-order valence-corrected chi connectivity index (χ4v) is 6.15. The molecule has 28 heavy (non-hydrogen) atoms. The van der Waals surface area contributed by atoms with Crippen LogP contribution >= 0.6 is 0 Å². The molecular weight excluding hydrogens is 372 g/mol. The number of amides is 1. The molecule has 5 nitrogen and oxygen atoms in total. The maximum absolute atomic E-state index is 13.8. The van der Waals surface area contributed by atoms with Crippen molar-refractivity contribution >= 4 is 37.6 Å². The van der Waals surface area contributed by atoms with Gasteiger partial charge in [0.05, 0.1) is 21.8 Å². The molecule has 0 N–H and O–H groups in total. The zero-order valence-corrected chi connectivity index (χ0v) is 16.5. The minimum Gasteiger partial charge on any atom is -0.333 e. The number of piperidine rings is 1. The van der Waals surface area contributed by atoms with Gasteiger partial charge < -0.3 is 4.90 Å². The number of para-hydroxylation sites is 2. The Kier molecular flexibility index (Phi) is 3.95. The number of hydrogen-bond donors (Lipinski definition) is 0. The second kappa shape index (κ2) is 6.27. The summed E-state index contributed by atoms with van der Waals surface area (Å²) in [6.45, 7) is 0. The Labute approximate surface area is 164 Å². The first-order chi connectivity index (χ1) is 13.4. The number of carbonyl (C=O) groups excluding carboxylic acids is 1. The van der Waals surface area contributed by atoms with Crippen LogP contribution in [0.2, 0.25) is 0 Å². The normalized spacial score (nSPS) is 24.8. The molecule has 2 unspecified atom stereocenters. The first-order valence-corrected chi connectivity index (χ1v) is 11.7. The summed E-state index contributed by atoms with van der Waals surface area (Å²) >= 11 is 0. The Bertz CT molecular complexity index is 1140. The fourth-order valence-electron chi connectivity index (χ4n) is 5.01. The summed E-state index contributed by atoms with van der Waals surface area (Å²) in [6, 6.07) is 15.5. The lowest BCUT2D eigenvalue weighted by Gasteiger charge is -2.38. The minimum atomic E-state index is -3.08. The topological polar surface area (TPSA) is 67.3 Å². The first kappa shape index (κ1) is 17.6. The van der Waals surface area contributed by atoms with Gasteiger partial charge in [-0.2, -0.15) is 0 Å². The number of nitrogens with zero attached hydrogens (tertiary/aromatic N) is 2. The highest BCUT2D eigenvalue weighted by Gasteiger charge is 2.46. The molecule has 2 atom stereocenters. The van der Waals surface area contributed by atoms with E-state index in [0.717, 1.165) is 34.6 Å². The zero-order valence-electron chi connectivity index (χ0n) is 15.7. The van der Waals surface area contributed by atoms with Crippen LogP contribution in [0.5, 0.6) is 0 Å². The van der Waals surface area contributed by atoms with E-state index in [2.05, 4.69) is 0 Å². The quantitative estimate of drug-likeness (QED) is 0.623. The van der Waals surface area contributed by atoms with E-state index in [9.17, 15) is 13.2 Å². The molecule has 0 radical (unpaired) electrons. The van der Waals surface area contributed by atoms with Crippen LogP contribution in [0.4, 0.5) is 0 Å². The predicted molar refractivity (Wildman–Crippen MR) is 110 cm³/mol. The summed E-state index contributed by atoms with van der Waals surface area (Å²) in [6.07, 6.45) is 4.16. The third-order valence-corrected chi connectivity index (χ3v) is 7.93. The lowest BCUT2D eigenvalue weighted by molar-refractivity contribution is 0.0602. The molecule has 6 heteroatoms. The second-order valence-corrected chi connectivity index (χ2v) is 10.4. The van der Waals surface area contributed by atoms with Crippen LogP contribution in [-0.4, -0.2) is 47.8 Å². The van der Waals surface area contributed by atoms with Gasteiger partial charge in [-0.1, -0.05) is 36.4 Å². The number of sulfone groups is 1. The molecule has 2 fully saturated rings. The molecular formula is C22H22N2O3S. The van der Waals surface area contributed by atoms with Crippen LogP contribution in [0.15, 0.2) is 48.5 Å². The van der Waals surface area contributed by atoms with Crippen molar-refractivity contribution in [2.75, 3.05) is 6.26 Å². The summed E-state index contributed by atoms with van der Waals surface area (Å²) in [5, 5.41) is 1.38. The third kappa shape index (κ3) is 2.70. The van der Waals surface area contributed by atoms with Crippen molar-refractivity contribution in [1.82, 2.24) is 9.88 Å². The largest absolute Gasteiger partial charge is 0.333 e. The van der Waals surface area contributed by atoms with Gasteiger partial charge in [-0.05, 0) is 37.8 Å². The van der Waals surface area contributed by atoms with E-state index in [4.69, 9.17) is 4.98 Å². The van der Waals surface area contributed by atoms with E-state index in [0.29, 0.717) is 18.4 Å². The van der Waals surface area contributed by atoms with Crippen molar-refractivity contribution in [3.8, 4) is 0 Å². The highest BCUT2D eigenvalue weighted by atomic mass is 32.2. The van der Waals surface area contributed by atoms with Crippen molar-refractivity contribution in [3.63, 3.8) is 0 Å². The van der Waals surface area contributed by atoms with E-state index in [1.165, 1.54) is 6.26 Å². The minimum absolute atomic E-state index is 0.00309. The van der Waals surface area contributed by atoms with Crippen molar-refractivity contribution in [3.05, 3.63) is 54.1 Å². The lowest BCUT2D eigenvalue weighted by atomic mass is 9.97. The van der Waals surface area contributed by atoms with Crippen LogP contribution in [0, 0.1) is 0 Å². The molecule has 5 rings (SSSR count). The van der Waals surface area contributed by atoms with E-state index >= 15 is 0 Å². The summed E-state index contributed by atoms with van der Waals surface area (Å²) < 4.78 is 24.2. The van der Waals surface area contributed by atoms with Gasteiger partial charge in [0.2, 0.25) is 0 Å². The van der Waals surface area contributed by atoms with Gasteiger partial charge >= 0.3 is 0 Å². The van der Waals surface area contributed by atoms with Crippen LogP contribution in [0.1, 0.15) is 36.0 Å². The lowest BCUT2D eigenvalue weighted by Crippen LogP contribution is -2.49. The maximum atomic E-state index is 13.8. The average molecular weight is 394 g/mol. The molecule has 2 bridgehead atoms. The molecule has 3 heterocycles. The maximum Gasteiger partial charge on any atom is 0.255 e. The number of pyridine rings is 1. The highest BCUT2D eigenvalue weighted by Crippen LogP contribution is 2.40. The van der Waals surface area contributed by atoms with Gasteiger partial charge in [-0.15, -0.1) is 0 Å². The van der Waals surface area contributed by atoms with E-state index in [1.807, 2.05) is 53.4 Å². The van der Waals surface area contributed by atoms with Crippen LogP contribution in [0.3, 0.4) is 0 Å². The molecule has 0 aliphatic carbocycles. The molecule has 144 valence electrons. The molecule has 2 aromatic carbocycles. The van der Waals surface area contributed by atoms with Crippen molar-refractivity contribution < 1.29 is 13.2 Å². The predicted octanol–water partition coefficient (Wildman–Crippen LogP) is 3.57. The van der Waals surface area contributed by atoms with Crippen molar-refractivity contribution in [1.29, 1.82) is 0 Å². The first-order valence-electron chi connectivity index (χ1n) is 9.72. The summed E-state index contributed by atoms with van der Waals surface area (Å²) in [5.41, 5.74) is 2.31. The van der Waals surface area contributed by atoms with Crippen LogP contribution in [-0.2, 0) is 9.84 Å². The Hall–Kier alpha value is -2.47. The SMILES string of the molecule is CS(=O)(=O)C1CC2CCC(C1)N2C(=O)c1c2ccccc2nc2ccccc12. The molecule has 2 aliphatic rings. The van der Waals surface area contributed by atoms with E-state index in [1.54, 1.807) is 0 Å². The smallest absolute Gasteiger partial charge is 0.255 e. The summed E-state index contributed by atoms with van der Waals surface area (Å²) in [4.78, 5) is 20.5. The molecule has 0 saturated carbocycles. The van der Waals surface area contributed by atoms with Gasteiger partial charge in [-0.25, -0.2) is 13.4 Å². The summed E-state index contributed by atoms with van der Waals surface area (Å²) in [7, 11) is -3.08. The number of rotatable bonds is 2. The number of fused-ring (bicyclic) bond motifs is 4. The van der Waals surface area contributed by atoms with E-state index < -0.39 is 9.84 Å². The Morgan fingerprint density at radius 1 is 0.929 bits per heavy atom. The number of aromatic nitrogens is 1. The Balaban J connectivity index is 1.64. The Morgan fingerprint density at radius 2 is 1.43 bits per heavy atom. The number of benzene rings is 2. The van der Waals surface area contributed by atoms with Crippen LogP contribution < -0.4 is 0 Å². The van der Waals surface area contributed by atoms with Gasteiger partial charge in [0.15, 0.2) is 0 Å². The van der Waals surface area contributed by atoms with Gasteiger partial charge in [-0.3, -0.25) is 4.79 Å². The van der Waals surface area contributed by atoms with Gasteiger partial charge in [0.1, 0.15) is 9.84 Å². The monoisotopic (exact) mass is 394 g/mol. The third-order valence-electron chi connectivity index (χ3n) is 6.33. The van der Waals surface area contributed by atoms with E-state index in [-0.39, 0.29) is 23.2 Å². The standard InChI is InChI=1S/C22H22N2O3S/c1-28(26,27)16-12-14-10-11-15(13-16)24(14)22(25)21-17-6-2-4-8-19(17)23-20-9-5-3-7-18(20)21/h2-9,14-16H,10-13H2,1H3. The molecule has 0 spiro atoms. The number of hydrogen-bond acceptors (Lipinski definition) is 4. The second-order valence-electron chi connectivity index (χ2n) is 8.04. The highest BCUT2D eigenvalue weighted by molar-refractivity contribution is 7.91. The summed E-state index contributed by atoms with van der Waals surface area (Å²) in [5.74, 6) is 0.00857. The molecule has 3 aromatic rings. The molecule has 1 aromatic heterocycles. The zero-order chi connectivity index (χ0) is 19.5. The molecule has 2 saturated heterocycles. The average Bonchev–Trinajstić information content (AvgIpc) is 2.93. The molecule has 2 aliphatic heterocycles. The van der Waals surface area contributed by atoms with Gasteiger partial charge in [0, 0.05) is 29.1 Å². The van der Waals surface area contributed by atoms with Crippen molar-refractivity contribution in [2.45, 2.75) is 43.0 Å². The Morgan fingerprint density at radius 3 is 1.93 bits per heavy atom. The molecule has 1 amide bonds.